The summed E-state index contributed by atoms with van der Waals surface area (Å²) in [5.74, 6) is -0.336. The number of benzene rings is 2. The molecule has 140 valence electrons. The van der Waals surface area contributed by atoms with Gasteiger partial charge in [-0.05, 0) is 43.7 Å². The number of carbonyl (C=O) groups is 2. The number of aromatic nitrogens is 1. The monoisotopic (exact) mass is 384 g/mol. The van der Waals surface area contributed by atoms with Crippen LogP contribution in [0.2, 0.25) is 0 Å². The van der Waals surface area contributed by atoms with Crippen LogP contribution in [0.25, 0.3) is 10.2 Å². The molecule has 0 N–H and O–H groups in total. The highest BCUT2D eigenvalue weighted by Gasteiger charge is 2.15. The first kappa shape index (κ1) is 18.8. The Labute approximate surface area is 160 Å². The van der Waals surface area contributed by atoms with E-state index >= 15 is 0 Å². The van der Waals surface area contributed by atoms with Gasteiger partial charge in [-0.3, -0.25) is 9.59 Å². The molecule has 3 rings (SSSR count). The Hall–Kier alpha value is -2.93. The third-order valence-corrected chi connectivity index (χ3v) is 5.01. The van der Waals surface area contributed by atoms with Crippen molar-refractivity contribution in [2.45, 2.75) is 20.4 Å². The van der Waals surface area contributed by atoms with Crippen molar-refractivity contribution in [1.29, 1.82) is 0 Å². The molecule has 0 saturated heterocycles. The second-order valence-corrected chi connectivity index (χ2v) is 6.87. The molecule has 1 amide bonds. The first-order valence-electron chi connectivity index (χ1n) is 8.51. The van der Waals surface area contributed by atoms with Crippen LogP contribution >= 0.6 is 11.3 Å². The van der Waals surface area contributed by atoms with Crippen LogP contribution in [0.1, 0.15) is 22.8 Å². The summed E-state index contributed by atoms with van der Waals surface area (Å²) in [5, 5.41) is 0. The molecule has 2 aromatic carbocycles. The summed E-state index contributed by atoms with van der Waals surface area (Å²) in [7, 11) is 1.51. The summed E-state index contributed by atoms with van der Waals surface area (Å²) in [6.45, 7) is 4.04. The molecule has 0 aliphatic carbocycles. The van der Waals surface area contributed by atoms with E-state index in [1.165, 1.54) is 18.4 Å². The number of aryl methyl sites for hydroxylation is 1. The number of thiazole rings is 1. The van der Waals surface area contributed by atoms with Gasteiger partial charge in [-0.25, -0.2) is 0 Å². The maximum Gasteiger partial charge on any atom is 0.326 e. The fourth-order valence-electron chi connectivity index (χ4n) is 2.72. The standard InChI is InChI=1S/C20H20N2O4S/c1-4-26-18(23)12-22-15-10-9-13(2)11-17(15)27-20(22)21-19(24)14-7-5-6-8-16(14)25-3/h5-11H,4,12H2,1-3H3. The van der Waals surface area contributed by atoms with Crippen LogP contribution in [0.4, 0.5) is 0 Å². The van der Waals surface area contributed by atoms with Gasteiger partial charge >= 0.3 is 5.97 Å². The molecular formula is C20H20N2O4S. The Morgan fingerprint density at radius 2 is 1.96 bits per heavy atom. The number of nitrogens with zero attached hydrogens (tertiary/aromatic N) is 2. The molecule has 0 spiro atoms. The SMILES string of the molecule is CCOC(=O)Cn1c(=NC(=O)c2ccccc2OC)sc2cc(C)ccc21. The lowest BCUT2D eigenvalue weighted by atomic mass is 10.2. The van der Waals surface area contributed by atoms with Crippen LogP contribution in [0.5, 0.6) is 5.75 Å². The minimum Gasteiger partial charge on any atom is -0.496 e. The number of fused-ring (bicyclic) bond motifs is 1. The van der Waals surface area contributed by atoms with Crippen LogP contribution in [0.3, 0.4) is 0 Å². The van der Waals surface area contributed by atoms with Gasteiger partial charge < -0.3 is 14.0 Å². The summed E-state index contributed by atoms with van der Waals surface area (Å²) in [6.07, 6.45) is 0. The van der Waals surface area contributed by atoms with E-state index in [1.807, 2.05) is 25.1 Å². The highest BCUT2D eigenvalue weighted by Crippen LogP contribution is 2.21. The minimum atomic E-state index is -0.423. The molecule has 0 unspecified atom stereocenters. The van der Waals surface area contributed by atoms with Gasteiger partial charge in [0.05, 0.1) is 29.5 Å². The van der Waals surface area contributed by atoms with Crippen molar-refractivity contribution in [3.63, 3.8) is 0 Å². The topological polar surface area (TPSA) is 69.9 Å². The summed E-state index contributed by atoms with van der Waals surface area (Å²) in [4.78, 5) is 29.5. The second kappa shape index (κ2) is 8.18. The third kappa shape index (κ3) is 4.09. The van der Waals surface area contributed by atoms with Crippen molar-refractivity contribution < 1.29 is 19.1 Å². The van der Waals surface area contributed by atoms with Gasteiger partial charge in [0.2, 0.25) is 0 Å². The first-order valence-corrected chi connectivity index (χ1v) is 9.32. The summed E-state index contributed by atoms with van der Waals surface area (Å²) in [6, 6.07) is 12.8. The van der Waals surface area contributed by atoms with Crippen molar-refractivity contribution in [1.82, 2.24) is 4.57 Å². The molecule has 0 aliphatic heterocycles. The lowest BCUT2D eigenvalue weighted by Crippen LogP contribution is -2.23. The summed E-state index contributed by atoms with van der Waals surface area (Å²) < 4.78 is 13.0. The number of amides is 1. The lowest BCUT2D eigenvalue weighted by Gasteiger charge is -2.06. The third-order valence-electron chi connectivity index (χ3n) is 3.97. The van der Waals surface area contributed by atoms with Crippen LogP contribution in [-0.2, 0) is 16.1 Å². The molecule has 0 bridgehead atoms. The van der Waals surface area contributed by atoms with E-state index in [4.69, 9.17) is 9.47 Å². The highest BCUT2D eigenvalue weighted by molar-refractivity contribution is 7.16. The van der Waals surface area contributed by atoms with Crippen molar-refractivity contribution in [2.24, 2.45) is 4.99 Å². The maximum absolute atomic E-state index is 12.7. The molecule has 0 fully saturated rings. The Balaban J connectivity index is 2.13. The molecule has 0 aliphatic rings. The molecule has 7 heteroatoms. The van der Waals surface area contributed by atoms with Crippen LogP contribution < -0.4 is 9.54 Å². The van der Waals surface area contributed by atoms with Gasteiger partial charge in [-0.1, -0.05) is 29.5 Å². The average molecular weight is 384 g/mol. The van der Waals surface area contributed by atoms with E-state index in [0.717, 1.165) is 15.8 Å². The Morgan fingerprint density at radius 1 is 1.19 bits per heavy atom. The van der Waals surface area contributed by atoms with Gasteiger partial charge in [-0.15, -0.1) is 0 Å². The van der Waals surface area contributed by atoms with Crippen molar-refractivity contribution in [3.8, 4) is 5.75 Å². The number of esters is 1. The first-order chi connectivity index (χ1) is 13.0. The average Bonchev–Trinajstić information content (AvgIpc) is 2.97. The fourth-order valence-corrected chi connectivity index (χ4v) is 3.85. The largest absolute Gasteiger partial charge is 0.496 e. The minimum absolute atomic E-state index is 0.00502. The number of rotatable bonds is 5. The van der Waals surface area contributed by atoms with Crippen molar-refractivity contribution in [3.05, 3.63) is 58.4 Å². The van der Waals surface area contributed by atoms with Crippen molar-refractivity contribution >= 4 is 33.4 Å². The van der Waals surface area contributed by atoms with Gasteiger partial charge in [0, 0.05) is 0 Å². The second-order valence-electron chi connectivity index (χ2n) is 5.86. The molecule has 6 nitrogen and oxygen atoms in total. The number of hydrogen-bond donors (Lipinski definition) is 0. The number of methoxy groups -OCH3 is 1. The smallest absolute Gasteiger partial charge is 0.326 e. The van der Waals surface area contributed by atoms with Gasteiger partial charge in [0.25, 0.3) is 5.91 Å². The zero-order chi connectivity index (χ0) is 19.4. The molecule has 27 heavy (non-hydrogen) atoms. The molecule has 0 saturated carbocycles. The Morgan fingerprint density at radius 3 is 2.70 bits per heavy atom. The number of carbonyl (C=O) groups excluding carboxylic acids is 2. The Bertz CT molecular complexity index is 1070. The van der Waals surface area contributed by atoms with Crippen molar-refractivity contribution in [2.75, 3.05) is 13.7 Å². The number of para-hydroxylation sites is 1. The molecule has 1 aromatic heterocycles. The quantitative estimate of drug-likeness (QED) is 0.633. The highest BCUT2D eigenvalue weighted by atomic mass is 32.1. The van der Waals surface area contributed by atoms with E-state index in [-0.39, 0.29) is 12.5 Å². The zero-order valence-electron chi connectivity index (χ0n) is 15.4. The van der Waals surface area contributed by atoms with E-state index in [1.54, 1.807) is 35.8 Å². The van der Waals surface area contributed by atoms with Gasteiger partial charge in [0.15, 0.2) is 4.80 Å². The molecular weight excluding hydrogens is 364 g/mol. The maximum atomic E-state index is 12.7. The normalized spacial score (nSPS) is 11.6. The summed E-state index contributed by atoms with van der Waals surface area (Å²) >= 11 is 1.36. The van der Waals surface area contributed by atoms with E-state index in [9.17, 15) is 9.59 Å². The molecule has 0 atom stereocenters. The van der Waals surface area contributed by atoms with E-state index < -0.39 is 5.91 Å². The zero-order valence-corrected chi connectivity index (χ0v) is 16.2. The van der Waals surface area contributed by atoms with Gasteiger partial charge in [-0.2, -0.15) is 4.99 Å². The van der Waals surface area contributed by atoms with Gasteiger partial charge in [0.1, 0.15) is 12.3 Å². The molecule has 1 heterocycles. The number of ether oxygens (including phenoxy) is 2. The molecule has 0 radical (unpaired) electrons. The lowest BCUT2D eigenvalue weighted by molar-refractivity contribution is -0.143. The Kier molecular flexibility index (Phi) is 5.71. The number of hydrogen-bond acceptors (Lipinski definition) is 5. The van der Waals surface area contributed by atoms with Crippen LogP contribution in [0, 0.1) is 6.92 Å². The van der Waals surface area contributed by atoms with E-state index in [0.29, 0.717) is 22.7 Å². The van der Waals surface area contributed by atoms with E-state index in [2.05, 4.69) is 4.99 Å². The predicted molar refractivity (Wildman–Crippen MR) is 104 cm³/mol. The van der Waals surface area contributed by atoms with Crippen LogP contribution in [0.15, 0.2) is 47.5 Å². The predicted octanol–water partition coefficient (Wildman–Crippen LogP) is 3.32. The summed E-state index contributed by atoms with van der Waals surface area (Å²) in [5.41, 5.74) is 2.30. The fraction of sp³-hybridized carbons (Fsp3) is 0.250. The molecule has 3 aromatic rings. The van der Waals surface area contributed by atoms with Crippen LogP contribution in [-0.4, -0.2) is 30.2 Å².